The van der Waals surface area contributed by atoms with Crippen LogP contribution < -0.4 is 9.46 Å². The lowest BCUT2D eigenvalue weighted by Gasteiger charge is -2.06. The first-order chi connectivity index (χ1) is 11.5. The number of benzene rings is 1. The van der Waals surface area contributed by atoms with Gasteiger partial charge >= 0.3 is 0 Å². The average molecular weight is 344 g/mol. The van der Waals surface area contributed by atoms with Crippen molar-refractivity contribution in [3.63, 3.8) is 0 Å². The van der Waals surface area contributed by atoms with Crippen molar-refractivity contribution in [1.29, 1.82) is 0 Å². The zero-order valence-electron chi connectivity index (χ0n) is 13.2. The molecular formula is C16H16N4O3S. The van der Waals surface area contributed by atoms with Gasteiger partial charge in [0.1, 0.15) is 4.90 Å². The Bertz CT molecular complexity index is 932. The van der Waals surface area contributed by atoms with Crippen LogP contribution in [0.15, 0.2) is 59.9 Å². The van der Waals surface area contributed by atoms with Crippen molar-refractivity contribution in [3.8, 4) is 11.6 Å². The molecule has 3 rings (SSSR count). The minimum atomic E-state index is -3.74. The largest absolute Gasteiger partial charge is 0.481 e. The Labute approximate surface area is 140 Å². The van der Waals surface area contributed by atoms with Crippen LogP contribution in [-0.2, 0) is 10.0 Å². The molecule has 0 radical (unpaired) electrons. The van der Waals surface area contributed by atoms with Crippen LogP contribution in [-0.4, -0.2) is 30.3 Å². The van der Waals surface area contributed by atoms with Gasteiger partial charge in [0, 0.05) is 6.07 Å². The Morgan fingerprint density at radius 1 is 1.08 bits per heavy atom. The molecular weight excluding hydrogens is 328 g/mol. The molecule has 0 saturated heterocycles. The lowest BCUT2D eigenvalue weighted by atomic mass is 10.2. The molecule has 1 aromatic carbocycles. The molecule has 24 heavy (non-hydrogen) atoms. The van der Waals surface area contributed by atoms with Crippen LogP contribution in [0.1, 0.15) is 5.56 Å². The lowest BCUT2D eigenvalue weighted by Crippen LogP contribution is -2.12. The summed E-state index contributed by atoms with van der Waals surface area (Å²) in [5.74, 6) is 0.408. The van der Waals surface area contributed by atoms with E-state index in [0.717, 1.165) is 11.3 Å². The predicted molar refractivity (Wildman–Crippen MR) is 89.9 cm³/mol. The van der Waals surface area contributed by atoms with Crippen LogP contribution in [0, 0.1) is 6.92 Å². The number of hydrogen-bond acceptors (Lipinski definition) is 5. The Morgan fingerprint density at radius 3 is 2.46 bits per heavy atom. The minimum Gasteiger partial charge on any atom is -0.481 e. The van der Waals surface area contributed by atoms with Gasteiger partial charge in [-0.1, -0.05) is 17.7 Å². The summed E-state index contributed by atoms with van der Waals surface area (Å²) in [6, 6.07) is 10.8. The molecule has 0 fully saturated rings. The second-order valence-corrected chi connectivity index (χ2v) is 6.83. The van der Waals surface area contributed by atoms with Crippen LogP contribution in [0.25, 0.3) is 5.69 Å². The summed E-state index contributed by atoms with van der Waals surface area (Å²) < 4.78 is 33.8. The third kappa shape index (κ3) is 3.38. The zero-order valence-corrected chi connectivity index (χ0v) is 14.0. The second-order valence-electron chi connectivity index (χ2n) is 5.15. The SMILES string of the molecule is COc1ccc(NS(=O)(=O)c2cnn(-c3ccc(C)cc3)c2)cn1. The maximum absolute atomic E-state index is 12.4. The maximum Gasteiger partial charge on any atom is 0.265 e. The van der Waals surface area contributed by atoms with Crippen molar-refractivity contribution in [3.05, 3.63) is 60.6 Å². The minimum absolute atomic E-state index is 0.0684. The van der Waals surface area contributed by atoms with Gasteiger partial charge in [-0.25, -0.2) is 18.1 Å². The first-order valence-electron chi connectivity index (χ1n) is 7.12. The summed E-state index contributed by atoms with van der Waals surface area (Å²) in [5, 5.41) is 4.11. The van der Waals surface area contributed by atoms with E-state index in [9.17, 15) is 8.42 Å². The fourth-order valence-corrected chi connectivity index (χ4v) is 3.03. The smallest absolute Gasteiger partial charge is 0.265 e. The van der Waals surface area contributed by atoms with Gasteiger partial charge in [-0.05, 0) is 25.1 Å². The number of nitrogens with zero attached hydrogens (tertiary/aromatic N) is 3. The molecule has 0 aliphatic carbocycles. The van der Waals surface area contributed by atoms with E-state index in [2.05, 4.69) is 14.8 Å². The maximum atomic E-state index is 12.4. The van der Waals surface area contributed by atoms with Crippen molar-refractivity contribution < 1.29 is 13.2 Å². The number of aromatic nitrogens is 3. The standard InChI is InChI=1S/C16H16N4O3S/c1-12-3-6-14(7-4-12)20-11-15(10-18-20)24(21,22)19-13-5-8-16(23-2)17-9-13/h3-11,19H,1-2H3. The topological polar surface area (TPSA) is 86.1 Å². The summed E-state index contributed by atoms with van der Waals surface area (Å²) in [4.78, 5) is 4.03. The van der Waals surface area contributed by atoms with Crippen LogP contribution in [0.3, 0.4) is 0 Å². The monoisotopic (exact) mass is 344 g/mol. The average Bonchev–Trinajstić information content (AvgIpc) is 3.07. The van der Waals surface area contributed by atoms with Gasteiger partial charge in [-0.2, -0.15) is 5.10 Å². The molecule has 0 aliphatic heterocycles. The van der Waals surface area contributed by atoms with E-state index in [1.807, 2.05) is 31.2 Å². The molecule has 2 heterocycles. The highest BCUT2D eigenvalue weighted by Crippen LogP contribution is 2.18. The summed E-state index contributed by atoms with van der Waals surface area (Å²) in [6.07, 6.45) is 4.16. The second kappa shape index (κ2) is 6.32. The molecule has 0 amide bonds. The molecule has 124 valence electrons. The zero-order chi connectivity index (χ0) is 17.2. The predicted octanol–water partition coefficient (Wildman–Crippen LogP) is 2.39. The highest BCUT2D eigenvalue weighted by atomic mass is 32.2. The van der Waals surface area contributed by atoms with Crippen LogP contribution >= 0.6 is 0 Å². The Morgan fingerprint density at radius 2 is 1.83 bits per heavy atom. The Balaban J connectivity index is 1.83. The number of ether oxygens (including phenoxy) is 1. The van der Waals surface area contributed by atoms with Crippen molar-refractivity contribution in [2.45, 2.75) is 11.8 Å². The summed E-state index contributed by atoms with van der Waals surface area (Å²) in [6.45, 7) is 1.98. The quantitative estimate of drug-likeness (QED) is 0.768. The van der Waals surface area contributed by atoms with Gasteiger partial charge in [0.2, 0.25) is 5.88 Å². The lowest BCUT2D eigenvalue weighted by molar-refractivity contribution is 0.398. The number of pyridine rings is 1. The number of hydrogen-bond donors (Lipinski definition) is 1. The molecule has 0 spiro atoms. The number of nitrogens with one attached hydrogen (secondary N) is 1. The molecule has 0 unspecified atom stereocenters. The van der Waals surface area contributed by atoms with E-state index in [1.54, 1.807) is 12.1 Å². The van der Waals surface area contributed by atoms with Gasteiger partial charge in [-0.15, -0.1) is 0 Å². The number of aryl methyl sites for hydroxylation is 1. The van der Waals surface area contributed by atoms with Gasteiger partial charge < -0.3 is 4.74 Å². The van der Waals surface area contributed by atoms with Crippen LogP contribution in [0.5, 0.6) is 5.88 Å². The molecule has 0 atom stereocenters. The van der Waals surface area contributed by atoms with Gasteiger partial charge in [0.05, 0.1) is 37.1 Å². The molecule has 2 aromatic heterocycles. The summed E-state index contributed by atoms with van der Waals surface area (Å²) in [7, 11) is -2.25. The molecule has 0 saturated carbocycles. The van der Waals surface area contributed by atoms with E-state index in [4.69, 9.17) is 4.74 Å². The van der Waals surface area contributed by atoms with E-state index < -0.39 is 10.0 Å². The molecule has 7 nitrogen and oxygen atoms in total. The molecule has 3 aromatic rings. The van der Waals surface area contributed by atoms with Crippen molar-refractivity contribution in [1.82, 2.24) is 14.8 Å². The van der Waals surface area contributed by atoms with E-state index in [0.29, 0.717) is 11.6 Å². The van der Waals surface area contributed by atoms with Gasteiger partial charge in [0.25, 0.3) is 10.0 Å². The first-order valence-corrected chi connectivity index (χ1v) is 8.61. The number of anilines is 1. The third-order valence-electron chi connectivity index (χ3n) is 3.37. The van der Waals surface area contributed by atoms with Gasteiger partial charge in [0.15, 0.2) is 0 Å². The molecule has 0 bridgehead atoms. The molecule has 0 aliphatic rings. The summed E-state index contributed by atoms with van der Waals surface area (Å²) >= 11 is 0. The van der Waals surface area contributed by atoms with Crippen molar-refractivity contribution in [2.24, 2.45) is 0 Å². The van der Waals surface area contributed by atoms with Crippen LogP contribution in [0.4, 0.5) is 5.69 Å². The first kappa shape index (κ1) is 16.0. The Kier molecular flexibility index (Phi) is 4.22. The van der Waals surface area contributed by atoms with Gasteiger partial charge in [-0.3, -0.25) is 4.72 Å². The number of methoxy groups -OCH3 is 1. The van der Waals surface area contributed by atoms with Crippen molar-refractivity contribution in [2.75, 3.05) is 11.8 Å². The summed E-state index contributed by atoms with van der Waals surface area (Å²) in [5.41, 5.74) is 2.25. The Hall–Kier alpha value is -2.87. The highest BCUT2D eigenvalue weighted by molar-refractivity contribution is 7.92. The normalized spacial score (nSPS) is 11.2. The molecule has 8 heteroatoms. The molecule has 1 N–H and O–H groups in total. The third-order valence-corrected chi connectivity index (χ3v) is 4.70. The fraction of sp³-hybridized carbons (Fsp3) is 0.125. The highest BCUT2D eigenvalue weighted by Gasteiger charge is 2.17. The van der Waals surface area contributed by atoms with E-state index in [1.165, 1.54) is 30.4 Å². The van der Waals surface area contributed by atoms with E-state index >= 15 is 0 Å². The fourth-order valence-electron chi connectivity index (χ4n) is 2.06. The van der Waals surface area contributed by atoms with E-state index in [-0.39, 0.29) is 4.90 Å². The number of sulfonamides is 1. The van der Waals surface area contributed by atoms with Crippen LogP contribution in [0.2, 0.25) is 0 Å². The van der Waals surface area contributed by atoms with Crippen molar-refractivity contribution >= 4 is 15.7 Å². The number of rotatable bonds is 5.